The molecule has 1 aromatic heterocycles. The first kappa shape index (κ1) is 22.5. The standard InChI is InChI=1S/C19H23N3O9/c1-28-10-6-9(7-11(29-2)16(10)30-3)17(26)20-13-4-5-22(19(27)21-13)18-15(25)14(24)12(8-23)31-18/h4-7,12,14-15,18,23-25H,8H2,1-3H3,(H,20,21,26,27)/t12-,14+,15-,18-/m0/s1. The van der Waals surface area contributed by atoms with E-state index in [-0.39, 0.29) is 22.9 Å². The van der Waals surface area contributed by atoms with E-state index in [1.807, 2.05) is 0 Å². The van der Waals surface area contributed by atoms with Crippen molar-refractivity contribution in [2.75, 3.05) is 33.3 Å². The maximum Gasteiger partial charge on any atom is 0.351 e. The van der Waals surface area contributed by atoms with Crippen molar-refractivity contribution in [1.29, 1.82) is 0 Å². The van der Waals surface area contributed by atoms with Crippen molar-refractivity contribution < 1.29 is 39.1 Å². The van der Waals surface area contributed by atoms with Gasteiger partial charge in [0.25, 0.3) is 5.91 Å². The van der Waals surface area contributed by atoms with E-state index < -0.39 is 42.7 Å². The van der Waals surface area contributed by atoms with E-state index >= 15 is 0 Å². The highest BCUT2D eigenvalue weighted by Crippen LogP contribution is 2.38. The molecule has 1 aliphatic rings. The molecule has 2 aromatic rings. The van der Waals surface area contributed by atoms with Crippen LogP contribution in [0.2, 0.25) is 0 Å². The molecule has 12 nitrogen and oxygen atoms in total. The molecule has 0 aliphatic carbocycles. The van der Waals surface area contributed by atoms with E-state index in [1.54, 1.807) is 0 Å². The van der Waals surface area contributed by atoms with Gasteiger partial charge in [-0.1, -0.05) is 0 Å². The third-order valence-electron chi connectivity index (χ3n) is 4.79. The molecule has 0 saturated carbocycles. The van der Waals surface area contributed by atoms with Gasteiger partial charge in [-0.15, -0.1) is 0 Å². The summed E-state index contributed by atoms with van der Waals surface area (Å²) in [6.45, 7) is -0.528. The van der Waals surface area contributed by atoms with Gasteiger partial charge in [-0.3, -0.25) is 9.36 Å². The van der Waals surface area contributed by atoms with E-state index in [1.165, 1.54) is 45.7 Å². The van der Waals surface area contributed by atoms with Crippen LogP contribution >= 0.6 is 0 Å². The second kappa shape index (κ2) is 9.31. The Morgan fingerprint density at radius 1 is 1.16 bits per heavy atom. The summed E-state index contributed by atoms with van der Waals surface area (Å²) >= 11 is 0. The zero-order valence-corrected chi connectivity index (χ0v) is 17.0. The topological polar surface area (TPSA) is 162 Å². The van der Waals surface area contributed by atoms with Crippen LogP contribution in [0.25, 0.3) is 0 Å². The minimum Gasteiger partial charge on any atom is -0.493 e. The van der Waals surface area contributed by atoms with Gasteiger partial charge < -0.3 is 39.6 Å². The average Bonchev–Trinajstić information content (AvgIpc) is 3.06. The number of nitrogens with zero attached hydrogens (tertiary/aromatic N) is 2. The van der Waals surface area contributed by atoms with Gasteiger partial charge in [-0.05, 0) is 18.2 Å². The molecule has 0 bridgehead atoms. The summed E-state index contributed by atoms with van der Waals surface area (Å²) in [4.78, 5) is 28.8. The highest BCUT2D eigenvalue weighted by molar-refractivity contribution is 6.04. The van der Waals surface area contributed by atoms with Crippen LogP contribution < -0.4 is 25.2 Å². The number of ether oxygens (including phenoxy) is 4. The molecular formula is C19H23N3O9. The van der Waals surface area contributed by atoms with Crippen LogP contribution in [0.5, 0.6) is 17.2 Å². The highest BCUT2D eigenvalue weighted by atomic mass is 16.6. The smallest absolute Gasteiger partial charge is 0.351 e. The number of anilines is 1. The maximum atomic E-state index is 12.6. The molecule has 1 amide bonds. The summed E-state index contributed by atoms with van der Waals surface area (Å²) < 4.78 is 21.9. The lowest BCUT2D eigenvalue weighted by Gasteiger charge is -2.17. The molecule has 1 fully saturated rings. The van der Waals surface area contributed by atoms with Crippen LogP contribution in [-0.4, -0.2) is 77.0 Å². The monoisotopic (exact) mass is 437 g/mol. The Bertz CT molecular complexity index is 984. The number of hydrogen-bond donors (Lipinski definition) is 4. The van der Waals surface area contributed by atoms with Crippen molar-refractivity contribution in [2.24, 2.45) is 0 Å². The third kappa shape index (κ3) is 4.32. The molecule has 1 saturated heterocycles. The first-order chi connectivity index (χ1) is 14.8. The van der Waals surface area contributed by atoms with Crippen LogP contribution in [-0.2, 0) is 4.74 Å². The summed E-state index contributed by atoms with van der Waals surface area (Å²) in [5.74, 6) is 0.240. The minimum atomic E-state index is -1.43. The van der Waals surface area contributed by atoms with Gasteiger partial charge in [-0.25, -0.2) is 4.79 Å². The molecule has 12 heteroatoms. The zero-order valence-electron chi connectivity index (χ0n) is 17.0. The van der Waals surface area contributed by atoms with E-state index in [2.05, 4.69) is 10.3 Å². The Morgan fingerprint density at radius 2 is 1.81 bits per heavy atom. The second-order valence-electron chi connectivity index (χ2n) is 6.60. The summed E-state index contributed by atoms with van der Waals surface area (Å²) in [7, 11) is 4.27. The van der Waals surface area contributed by atoms with E-state index in [0.717, 1.165) is 4.57 Å². The number of aliphatic hydroxyl groups is 3. The van der Waals surface area contributed by atoms with E-state index in [9.17, 15) is 24.9 Å². The summed E-state index contributed by atoms with van der Waals surface area (Å²) in [5.41, 5.74) is -0.665. The second-order valence-corrected chi connectivity index (χ2v) is 6.60. The quantitative estimate of drug-likeness (QED) is 0.428. The molecule has 4 N–H and O–H groups in total. The zero-order chi connectivity index (χ0) is 22.7. The molecule has 2 heterocycles. The van der Waals surface area contributed by atoms with Gasteiger partial charge in [0.2, 0.25) is 5.75 Å². The Kier molecular flexibility index (Phi) is 6.75. The molecule has 0 radical (unpaired) electrons. The normalized spacial score (nSPS) is 22.8. The fourth-order valence-electron chi connectivity index (χ4n) is 3.19. The number of carbonyl (C=O) groups excluding carboxylic acids is 1. The lowest BCUT2D eigenvalue weighted by Crippen LogP contribution is -2.36. The van der Waals surface area contributed by atoms with Crippen molar-refractivity contribution in [3.63, 3.8) is 0 Å². The predicted octanol–water partition coefficient (Wildman–Crippen LogP) is -0.867. The molecule has 4 atom stereocenters. The third-order valence-corrected chi connectivity index (χ3v) is 4.79. The van der Waals surface area contributed by atoms with Crippen LogP contribution in [0.15, 0.2) is 29.2 Å². The number of benzene rings is 1. The van der Waals surface area contributed by atoms with Gasteiger partial charge in [0, 0.05) is 11.8 Å². The minimum absolute atomic E-state index is 0.0493. The maximum absolute atomic E-state index is 12.6. The van der Waals surface area contributed by atoms with Crippen LogP contribution in [0.4, 0.5) is 5.82 Å². The van der Waals surface area contributed by atoms with Crippen molar-refractivity contribution in [3.05, 3.63) is 40.4 Å². The fourth-order valence-corrected chi connectivity index (χ4v) is 3.19. The van der Waals surface area contributed by atoms with Gasteiger partial charge in [0.15, 0.2) is 17.7 Å². The first-order valence-electron chi connectivity index (χ1n) is 9.17. The molecule has 0 unspecified atom stereocenters. The van der Waals surface area contributed by atoms with Crippen LogP contribution in [0, 0.1) is 0 Å². The number of carbonyl (C=O) groups is 1. The number of aromatic nitrogens is 2. The SMILES string of the molecule is COc1cc(C(=O)Nc2ccn([C@H]3O[C@@H](CO)[C@@H](O)[C@@H]3O)c(=O)n2)cc(OC)c1OC. The fraction of sp³-hybridized carbons (Fsp3) is 0.421. The van der Waals surface area contributed by atoms with E-state index in [0.29, 0.717) is 5.75 Å². The average molecular weight is 437 g/mol. The molecular weight excluding hydrogens is 414 g/mol. The molecule has 168 valence electrons. The van der Waals surface area contributed by atoms with Gasteiger partial charge in [0.1, 0.15) is 24.1 Å². The number of amides is 1. The van der Waals surface area contributed by atoms with Gasteiger partial charge in [-0.2, -0.15) is 4.98 Å². The van der Waals surface area contributed by atoms with Gasteiger partial charge >= 0.3 is 5.69 Å². The number of aliphatic hydroxyl groups excluding tert-OH is 3. The number of rotatable bonds is 7. The molecule has 0 spiro atoms. The molecule has 3 rings (SSSR count). The predicted molar refractivity (Wildman–Crippen MR) is 106 cm³/mol. The van der Waals surface area contributed by atoms with Crippen molar-refractivity contribution in [2.45, 2.75) is 24.5 Å². The first-order valence-corrected chi connectivity index (χ1v) is 9.17. The lowest BCUT2D eigenvalue weighted by molar-refractivity contribution is -0.0549. The lowest BCUT2D eigenvalue weighted by atomic mass is 10.1. The molecule has 1 aromatic carbocycles. The van der Waals surface area contributed by atoms with E-state index in [4.69, 9.17) is 18.9 Å². The Morgan fingerprint density at radius 3 is 2.29 bits per heavy atom. The Hall–Kier alpha value is -3.19. The Labute approximate surface area is 176 Å². The van der Waals surface area contributed by atoms with Crippen LogP contribution in [0.1, 0.15) is 16.6 Å². The van der Waals surface area contributed by atoms with Crippen molar-refractivity contribution in [1.82, 2.24) is 9.55 Å². The van der Waals surface area contributed by atoms with Crippen LogP contribution in [0.3, 0.4) is 0 Å². The largest absolute Gasteiger partial charge is 0.493 e. The Balaban J connectivity index is 1.82. The summed E-state index contributed by atoms with van der Waals surface area (Å²) in [5, 5.41) is 31.6. The van der Waals surface area contributed by atoms with Crippen molar-refractivity contribution in [3.8, 4) is 17.2 Å². The van der Waals surface area contributed by atoms with Crippen molar-refractivity contribution >= 4 is 11.7 Å². The molecule has 31 heavy (non-hydrogen) atoms. The summed E-state index contributed by atoms with van der Waals surface area (Å²) in [6, 6.07) is 4.21. The molecule has 1 aliphatic heterocycles. The van der Waals surface area contributed by atoms with Gasteiger partial charge in [0.05, 0.1) is 27.9 Å². The number of hydrogen-bond acceptors (Lipinski definition) is 10. The summed E-state index contributed by atoms with van der Waals surface area (Å²) in [6.07, 6.45) is -3.81. The number of methoxy groups -OCH3 is 3. The number of nitrogens with one attached hydrogen (secondary N) is 1. The highest BCUT2D eigenvalue weighted by Gasteiger charge is 2.43.